The Kier molecular flexibility index (Phi) is 4.40. The van der Waals surface area contributed by atoms with Crippen LogP contribution in [0.4, 0.5) is 15.8 Å². The maximum absolute atomic E-state index is 14.3. The molecule has 2 aromatic rings. The molecular weight excluding hydrogens is 251 g/mol. The second-order valence-corrected chi connectivity index (χ2v) is 5.27. The molecule has 1 atom stereocenters. The van der Waals surface area contributed by atoms with E-state index in [2.05, 4.69) is 0 Å². The number of rotatable bonds is 4. The molecule has 0 heterocycles. The van der Waals surface area contributed by atoms with E-state index in [0.717, 1.165) is 16.8 Å². The van der Waals surface area contributed by atoms with E-state index >= 15 is 0 Å². The van der Waals surface area contributed by atoms with Crippen molar-refractivity contribution in [2.45, 2.75) is 26.3 Å². The van der Waals surface area contributed by atoms with Crippen molar-refractivity contribution in [2.75, 3.05) is 11.9 Å². The van der Waals surface area contributed by atoms with Gasteiger partial charge in [0.1, 0.15) is 5.82 Å². The van der Waals surface area contributed by atoms with Crippen molar-refractivity contribution >= 4 is 11.4 Å². The van der Waals surface area contributed by atoms with Crippen LogP contribution in [0, 0.1) is 12.7 Å². The standard InChI is InChI=1S/C17H21FN2/c1-12-7-4-5-10-16(12)20(3)17-14(11-13(2)19)8-6-9-15(17)18/h4-10,13H,11,19H2,1-3H3. The fraction of sp³-hybridized carbons (Fsp3) is 0.294. The molecule has 2 nitrogen and oxygen atoms in total. The summed E-state index contributed by atoms with van der Waals surface area (Å²) >= 11 is 0. The number of halogens is 1. The van der Waals surface area contributed by atoms with Crippen LogP contribution in [-0.4, -0.2) is 13.1 Å². The SMILES string of the molecule is Cc1ccccc1N(C)c1c(F)cccc1CC(C)N. The third-order valence-electron chi connectivity index (χ3n) is 3.42. The Morgan fingerprint density at radius 3 is 2.50 bits per heavy atom. The number of para-hydroxylation sites is 2. The highest BCUT2D eigenvalue weighted by Crippen LogP contribution is 2.32. The first-order valence-electron chi connectivity index (χ1n) is 6.83. The summed E-state index contributed by atoms with van der Waals surface area (Å²) in [4.78, 5) is 1.91. The van der Waals surface area contributed by atoms with Crippen LogP contribution >= 0.6 is 0 Å². The minimum absolute atomic E-state index is 0.000760. The van der Waals surface area contributed by atoms with Crippen molar-refractivity contribution < 1.29 is 4.39 Å². The summed E-state index contributed by atoms with van der Waals surface area (Å²) in [6, 6.07) is 13.1. The molecule has 2 N–H and O–H groups in total. The van der Waals surface area contributed by atoms with Crippen LogP contribution < -0.4 is 10.6 Å². The van der Waals surface area contributed by atoms with E-state index in [1.54, 1.807) is 6.07 Å². The highest BCUT2D eigenvalue weighted by Gasteiger charge is 2.16. The van der Waals surface area contributed by atoms with Gasteiger partial charge in [-0.05, 0) is 43.5 Å². The molecule has 0 fully saturated rings. The predicted octanol–water partition coefficient (Wildman–Crippen LogP) is 3.79. The van der Waals surface area contributed by atoms with E-state index in [-0.39, 0.29) is 11.9 Å². The van der Waals surface area contributed by atoms with Gasteiger partial charge < -0.3 is 10.6 Å². The molecule has 0 aliphatic heterocycles. The summed E-state index contributed by atoms with van der Waals surface area (Å²) in [7, 11) is 1.89. The van der Waals surface area contributed by atoms with E-state index in [9.17, 15) is 4.39 Å². The topological polar surface area (TPSA) is 29.3 Å². The van der Waals surface area contributed by atoms with E-state index in [1.807, 2.05) is 56.1 Å². The lowest BCUT2D eigenvalue weighted by atomic mass is 10.0. The molecule has 0 amide bonds. The van der Waals surface area contributed by atoms with Gasteiger partial charge in [-0.2, -0.15) is 0 Å². The third kappa shape index (κ3) is 2.99. The lowest BCUT2D eigenvalue weighted by Gasteiger charge is -2.25. The number of benzene rings is 2. The largest absolute Gasteiger partial charge is 0.342 e. The molecule has 0 saturated carbocycles. The summed E-state index contributed by atoms with van der Waals surface area (Å²) in [5, 5.41) is 0. The second-order valence-electron chi connectivity index (χ2n) is 5.27. The fourth-order valence-corrected chi connectivity index (χ4v) is 2.51. The minimum Gasteiger partial charge on any atom is -0.342 e. The van der Waals surface area contributed by atoms with Crippen molar-refractivity contribution in [3.05, 3.63) is 59.4 Å². The quantitative estimate of drug-likeness (QED) is 0.917. The van der Waals surface area contributed by atoms with Crippen LogP contribution in [0.25, 0.3) is 0 Å². The summed E-state index contributed by atoms with van der Waals surface area (Å²) in [5.74, 6) is -0.214. The Morgan fingerprint density at radius 1 is 1.15 bits per heavy atom. The summed E-state index contributed by atoms with van der Waals surface area (Å²) < 4.78 is 14.3. The maximum Gasteiger partial charge on any atom is 0.147 e. The average molecular weight is 272 g/mol. The van der Waals surface area contributed by atoms with Gasteiger partial charge >= 0.3 is 0 Å². The van der Waals surface area contributed by atoms with Crippen molar-refractivity contribution in [2.24, 2.45) is 5.73 Å². The molecular formula is C17H21FN2. The normalized spacial score (nSPS) is 12.2. The van der Waals surface area contributed by atoms with E-state index in [0.29, 0.717) is 12.1 Å². The van der Waals surface area contributed by atoms with Crippen LogP contribution in [0.15, 0.2) is 42.5 Å². The molecule has 0 radical (unpaired) electrons. The summed E-state index contributed by atoms with van der Waals surface area (Å²) in [5.41, 5.74) is 9.54. The molecule has 0 aliphatic carbocycles. The van der Waals surface area contributed by atoms with Gasteiger partial charge in [0.2, 0.25) is 0 Å². The first-order valence-corrected chi connectivity index (χ1v) is 6.83. The lowest BCUT2D eigenvalue weighted by Crippen LogP contribution is -2.21. The third-order valence-corrected chi connectivity index (χ3v) is 3.42. The minimum atomic E-state index is -0.214. The second kappa shape index (κ2) is 6.06. The number of nitrogens with two attached hydrogens (primary N) is 1. The molecule has 3 heteroatoms. The van der Waals surface area contributed by atoms with Crippen molar-refractivity contribution in [1.29, 1.82) is 0 Å². The zero-order valence-electron chi connectivity index (χ0n) is 12.2. The predicted molar refractivity (Wildman–Crippen MR) is 83.0 cm³/mol. The molecule has 0 bridgehead atoms. The van der Waals surface area contributed by atoms with Gasteiger partial charge in [-0.3, -0.25) is 0 Å². The Balaban J connectivity index is 2.49. The number of aryl methyl sites for hydroxylation is 1. The monoisotopic (exact) mass is 272 g/mol. The lowest BCUT2D eigenvalue weighted by molar-refractivity contribution is 0.622. The van der Waals surface area contributed by atoms with Gasteiger partial charge in [0.05, 0.1) is 5.69 Å². The number of nitrogens with zero attached hydrogens (tertiary/aromatic N) is 1. The average Bonchev–Trinajstić information content (AvgIpc) is 2.38. The molecule has 0 spiro atoms. The molecule has 0 saturated heterocycles. The highest BCUT2D eigenvalue weighted by molar-refractivity contribution is 5.68. The molecule has 1 unspecified atom stereocenters. The maximum atomic E-state index is 14.3. The van der Waals surface area contributed by atoms with Gasteiger partial charge in [-0.25, -0.2) is 4.39 Å². The Morgan fingerprint density at radius 2 is 1.85 bits per heavy atom. The van der Waals surface area contributed by atoms with Gasteiger partial charge in [0, 0.05) is 18.8 Å². The Bertz CT molecular complexity index is 593. The van der Waals surface area contributed by atoms with Crippen molar-refractivity contribution in [3.8, 4) is 0 Å². The van der Waals surface area contributed by atoms with Gasteiger partial charge in [0.25, 0.3) is 0 Å². The zero-order chi connectivity index (χ0) is 14.7. The van der Waals surface area contributed by atoms with Crippen LogP contribution in [-0.2, 0) is 6.42 Å². The highest BCUT2D eigenvalue weighted by atomic mass is 19.1. The smallest absolute Gasteiger partial charge is 0.147 e. The summed E-state index contributed by atoms with van der Waals surface area (Å²) in [6.07, 6.45) is 0.656. The molecule has 20 heavy (non-hydrogen) atoms. The fourth-order valence-electron chi connectivity index (χ4n) is 2.51. The van der Waals surface area contributed by atoms with Crippen LogP contribution in [0.1, 0.15) is 18.1 Å². The first kappa shape index (κ1) is 14.5. The van der Waals surface area contributed by atoms with Crippen LogP contribution in [0.5, 0.6) is 0 Å². The molecule has 0 aromatic heterocycles. The van der Waals surface area contributed by atoms with Gasteiger partial charge in [0.15, 0.2) is 0 Å². The molecule has 2 rings (SSSR count). The Labute approximate surface area is 120 Å². The number of hydrogen-bond acceptors (Lipinski definition) is 2. The van der Waals surface area contributed by atoms with Crippen LogP contribution in [0.2, 0.25) is 0 Å². The zero-order valence-corrected chi connectivity index (χ0v) is 12.2. The van der Waals surface area contributed by atoms with E-state index in [4.69, 9.17) is 5.73 Å². The van der Waals surface area contributed by atoms with E-state index < -0.39 is 0 Å². The number of anilines is 2. The number of hydrogen-bond donors (Lipinski definition) is 1. The first-order chi connectivity index (χ1) is 9.50. The van der Waals surface area contributed by atoms with Gasteiger partial charge in [-0.1, -0.05) is 30.3 Å². The summed E-state index contributed by atoms with van der Waals surface area (Å²) in [6.45, 7) is 3.96. The van der Waals surface area contributed by atoms with Crippen LogP contribution in [0.3, 0.4) is 0 Å². The van der Waals surface area contributed by atoms with Gasteiger partial charge in [-0.15, -0.1) is 0 Å². The molecule has 106 valence electrons. The molecule has 2 aromatic carbocycles. The molecule has 0 aliphatic rings. The van der Waals surface area contributed by atoms with Crippen molar-refractivity contribution in [1.82, 2.24) is 0 Å². The Hall–Kier alpha value is -1.87. The van der Waals surface area contributed by atoms with E-state index in [1.165, 1.54) is 6.07 Å². The van der Waals surface area contributed by atoms with Crippen molar-refractivity contribution in [3.63, 3.8) is 0 Å².